The van der Waals surface area contributed by atoms with Crippen LogP contribution in [0.4, 0.5) is 0 Å². The first-order chi connectivity index (χ1) is 19.4. The first-order valence-electron chi connectivity index (χ1n) is 13.0. The van der Waals surface area contributed by atoms with E-state index in [1.54, 1.807) is 23.0 Å². The smallest absolute Gasteiger partial charge is 0.252 e. The number of aryl methyl sites for hydroxylation is 2. The van der Waals surface area contributed by atoms with Crippen LogP contribution in [-0.2, 0) is 7.05 Å². The van der Waals surface area contributed by atoms with E-state index in [-0.39, 0.29) is 16.8 Å². The zero-order valence-electron chi connectivity index (χ0n) is 21.5. The Hall–Kier alpha value is -4.21. The highest BCUT2D eigenvalue weighted by atomic mass is 35.5. The van der Waals surface area contributed by atoms with E-state index in [4.69, 9.17) is 28.2 Å². The van der Waals surface area contributed by atoms with Crippen LogP contribution in [0.3, 0.4) is 0 Å². The van der Waals surface area contributed by atoms with Gasteiger partial charge in [-0.2, -0.15) is 5.10 Å². The van der Waals surface area contributed by atoms with Gasteiger partial charge in [-0.25, -0.2) is 9.67 Å². The monoisotopic (exact) mass is 568 g/mol. The number of aromatic nitrogens is 8. The topological polar surface area (TPSA) is 99.2 Å². The lowest BCUT2D eigenvalue weighted by Gasteiger charge is -2.18. The predicted molar refractivity (Wildman–Crippen MR) is 153 cm³/mol. The number of hydrogen-bond donors (Lipinski definition) is 1. The predicted octanol–water partition coefficient (Wildman–Crippen LogP) is 5.69. The maximum Gasteiger partial charge on any atom is 0.252 e. The van der Waals surface area contributed by atoms with Crippen molar-refractivity contribution < 1.29 is 0 Å². The van der Waals surface area contributed by atoms with Crippen molar-refractivity contribution in [3.63, 3.8) is 0 Å². The summed E-state index contributed by atoms with van der Waals surface area (Å²) in [5.41, 5.74) is 7.28. The summed E-state index contributed by atoms with van der Waals surface area (Å²) in [7, 11) is 1.95. The third kappa shape index (κ3) is 3.51. The van der Waals surface area contributed by atoms with Crippen LogP contribution in [0.2, 0.25) is 10.2 Å². The summed E-state index contributed by atoms with van der Waals surface area (Å²) >= 11 is 12.4. The van der Waals surface area contributed by atoms with E-state index in [1.807, 2.05) is 41.5 Å². The molecule has 0 amide bonds. The number of benzene rings is 2. The van der Waals surface area contributed by atoms with Gasteiger partial charge >= 0.3 is 0 Å². The van der Waals surface area contributed by atoms with Gasteiger partial charge in [-0.3, -0.25) is 9.48 Å². The van der Waals surface area contributed by atoms with Gasteiger partial charge in [0.2, 0.25) is 0 Å². The summed E-state index contributed by atoms with van der Waals surface area (Å²) in [4.78, 5) is 22.0. The van der Waals surface area contributed by atoms with Crippen LogP contribution in [-0.4, -0.2) is 39.3 Å². The Morgan fingerprint density at radius 3 is 2.75 bits per heavy atom. The van der Waals surface area contributed by atoms with Crippen LogP contribution in [0, 0.1) is 12.8 Å². The van der Waals surface area contributed by atoms with E-state index in [2.05, 4.69) is 44.7 Å². The highest BCUT2D eigenvalue weighted by molar-refractivity contribution is 6.31. The molecule has 40 heavy (non-hydrogen) atoms. The van der Waals surface area contributed by atoms with E-state index < -0.39 is 0 Å². The van der Waals surface area contributed by atoms with Crippen LogP contribution in [0.15, 0.2) is 65.7 Å². The Morgan fingerprint density at radius 2 is 1.93 bits per heavy atom. The second kappa shape index (κ2) is 8.39. The average Bonchev–Trinajstić information content (AvgIpc) is 3.24. The van der Waals surface area contributed by atoms with E-state index in [0.717, 1.165) is 62.6 Å². The van der Waals surface area contributed by atoms with Crippen molar-refractivity contribution in [1.82, 2.24) is 39.3 Å². The van der Waals surface area contributed by atoms with Gasteiger partial charge in [-0.05, 0) is 55.2 Å². The van der Waals surface area contributed by atoms with Gasteiger partial charge in [0.1, 0.15) is 5.82 Å². The van der Waals surface area contributed by atoms with Crippen LogP contribution < -0.4 is 5.56 Å². The van der Waals surface area contributed by atoms with E-state index in [9.17, 15) is 4.79 Å². The summed E-state index contributed by atoms with van der Waals surface area (Å²) in [5.74, 6) is 1.44. The maximum absolute atomic E-state index is 13.7. The van der Waals surface area contributed by atoms with Crippen molar-refractivity contribution in [2.45, 2.75) is 25.3 Å². The normalized spacial score (nSPS) is 19.2. The molecule has 2 aliphatic rings. The molecule has 3 atom stereocenters. The fraction of sp³-hybridized carbons (Fsp3) is 0.207. The third-order valence-electron chi connectivity index (χ3n) is 8.21. The second-order valence-electron chi connectivity index (χ2n) is 10.6. The minimum Gasteiger partial charge on any atom is -0.340 e. The molecule has 11 heteroatoms. The molecule has 0 bridgehead atoms. The molecule has 1 N–H and O–H groups in total. The molecule has 2 aromatic carbocycles. The molecule has 1 aliphatic carbocycles. The highest BCUT2D eigenvalue weighted by Crippen LogP contribution is 2.60. The van der Waals surface area contributed by atoms with Gasteiger partial charge in [0.25, 0.3) is 5.56 Å². The van der Waals surface area contributed by atoms with Crippen molar-refractivity contribution in [2.24, 2.45) is 13.0 Å². The Kier molecular flexibility index (Phi) is 4.96. The molecule has 6 aromatic rings. The minimum atomic E-state index is -0.133. The summed E-state index contributed by atoms with van der Waals surface area (Å²) < 4.78 is 5.39. The fourth-order valence-corrected chi connectivity index (χ4v) is 6.60. The van der Waals surface area contributed by atoms with Crippen LogP contribution in [0.5, 0.6) is 0 Å². The quantitative estimate of drug-likeness (QED) is 0.294. The SMILES string of the molecule is Cc1nn(C)c2cc(-c3cnc(C4C5CC5c5cc(-c6cc(Cl)ccc6-n6cc(Cl)nn6)cc(=O)n54)[nH]3)ccc12. The molecule has 9 nitrogen and oxygen atoms in total. The zero-order chi connectivity index (χ0) is 27.3. The lowest BCUT2D eigenvalue weighted by molar-refractivity contribution is 0.515. The molecule has 8 rings (SSSR count). The first kappa shape index (κ1) is 23.7. The van der Waals surface area contributed by atoms with Crippen molar-refractivity contribution in [1.29, 1.82) is 0 Å². The number of aromatic amines is 1. The Bertz CT molecular complexity index is 2050. The lowest BCUT2D eigenvalue weighted by Crippen LogP contribution is -2.26. The van der Waals surface area contributed by atoms with Crippen molar-refractivity contribution in [3.05, 3.63) is 98.7 Å². The van der Waals surface area contributed by atoms with E-state index >= 15 is 0 Å². The molecule has 0 spiro atoms. The molecule has 1 aliphatic heterocycles. The number of halogens is 2. The standard InChI is InChI=1S/C29H22Cl2N8O/c1-14-18-5-3-15(7-24(18)37(2)35-14)22-12-32-29(33-22)28-21-11-20(21)25-8-16(9-27(40)39(25)28)19-10-17(30)4-6-23(19)38-13-26(31)34-36-38/h3-10,12-13,20-21,28H,11H2,1-2H3,(H,32,33). The summed E-state index contributed by atoms with van der Waals surface area (Å²) in [6, 6.07) is 15.4. The van der Waals surface area contributed by atoms with Gasteiger partial charge in [-0.1, -0.05) is 40.5 Å². The second-order valence-corrected chi connectivity index (χ2v) is 11.4. The van der Waals surface area contributed by atoms with Crippen LogP contribution in [0.25, 0.3) is 39.0 Å². The minimum absolute atomic E-state index is 0.0722. The number of fused-ring (bicyclic) bond motifs is 4. The van der Waals surface area contributed by atoms with Gasteiger partial charge in [0, 0.05) is 46.3 Å². The highest BCUT2D eigenvalue weighted by Gasteiger charge is 2.54. The molecule has 4 aromatic heterocycles. The lowest BCUT2D eigenvalue weighted by atomic mass is 10.0. The fourth-order valence-electron chi connectivity index (χ4n) is 6.30. The number of imidazole rings is 1. The van der Waals surface area contributed by atoms with Crippen LogP contribution in [0.1, 0.15) is 35.6 Å². The third-order valence-corrected chi connectivity index (χ3v) is 8.61. The van der Waals surface area contributed by atoms with Gasteiger partial charge in [0.05, 0.1) is 41.0 Å². The molecule has 5 heterocycles. The molecule has 1 fully saturated rings. The van der Waals surface area contributed by atoms with Crippen LogP contribution >= 0.6 is 23.2 Å². The zero-order valence-corrected chi connectivity index (χ0v) is 23.0. The largest absolute Gasteiger partial charge is 0.340 e. The molecule has 3 unspecified atom stereocenters. The summed E-state index contributed by atoms with van der Waals surface area (Å²) in [6.07, 6.45) is 4.50. The summed E-state index contributed by atoms with van der Waals surface area (Å²) in [6.45, 7) is 2.01. The maximum atomic E-state index is 13.7. The van der Waals surface area contributed by atoms with Gasteiger partial charge in [-0.15, -0.1) is 5.10 Å². The molecular formula is C29H22Cl2N8O. The summed E-state index contributed by atoms with van der Waals surface area (Å²) in [5, 5.41) is 14.5. The van der Waals surface area contributed by atoms with E-state index in [0.29, 0.717) is 16.9 Å². The Labute approximate surface area is 238 Å². The Morgan fingerprint density at radius 1 is 1.05 bits per heavy atom. The number of nitrogens with zero attached hydrogens (tertiary/aromatic N) is 7. The van der Waals surface area contributed by atoms with Gasteiger partial charge < -0.3 is 9.55 Å². The van der Waals surface area contributed by atoms with Crippen molar-refractivity contribution in [3.8, 4) is 28.1 Å². The van der Waals surface area contributed by atoms with Crippen molar-refractivity contribution >= 4 is 34.1 Å². The van der Waals surface area contributed by atoms with E-state index in [1.165, 1.54) is 0 Å². The first-order valence-corrected chi connectivity index (χ1v) is 13.7. The molecular weight excluding hydrogens is 547 g/mol. The molecule has 198 valence electrons. The number of rotatable bonds is 4. The molecule has 0 saturated heterocycles. The molecule has 1 saturated carbocycles. The van der Waals surface area contributed by atoms with Crippen molar-refractivity contribution in [2.75, 3.05) is 0 Å². The van der Waals surface area contributed by atoms with Gasteiger partial charge in [0.15, 0.2) is 5.15 Å². The number of hydrogen-bond acceptors (Lipinski definition) is 5. The molecule has 0 radical (unpaired) electrons. The number of H-pyrrole nitrogens is 1. The number of pyridine rings is 1. The average molecular weight is 569 g/mol. The number of nitrogens with one attached hydrogen (secondary N) is 1. The Balaban J connectivity index is 1.19.